The van der Waals surface area contributed by atoms with E-state index < -0.39 is 0 Å². The molecule has 1 N–H and O–H groups in total. The Morgan fingerprint density at radius 3 is 2.33 bits per heavy atom. The van der Waals surface area contributed by atoms with Crippen molar-refractivity contribution in [1.29, 1.82) is 0 Å². The van der Waals surface area contributed by atoms with E-state index in [1.807, 2.05) is 7.05 Å². The average Bonchev–Trinajstić information content (AvgIpc) is 1.84. The first-order valence-corrected chi connectivity index (χ1v) is 4.89. The number of allylic oxidation sites excluding steroid dienone is 1. The van der Waals surface area contributed by atoms with Gasteiger partial charge in [-0.2, -0.15) is 0 Å². The second-order valence-corrected chi connectivity index (χ2v) is 4.22. The maximum atomic E-state index is 3.06. The van der Waals surface area contributed by atoms with Crippen molar-refractivity contribution >= 4 is 0 Å². The molecule has 0 bridgehead atoms. The summed E-state index contributed by atoms with van der Waals surface area (Å²) in [5, 5.41) is 3.06. The first-order chi connectivity index (χ1) is 5.56. The summed E-state index contributed by atoms with van der Waals surface area (Å²) in [6, 6.07) is 0. The topological polar surface area (TPSA) is 12.0 Å². The van der Waals surface area contributed by atoms with Gasteiger partial charge in [0.15, 0.2) is 0 Å². The fourth-order valence-electron chi connectivity index (χ4n) is 1.74. The van der Waals surface area contributed by atoms with Gasteiger partial charge in [-0.15, -0.1) is 0 Å². The van der Waals surface area contributed by atoms with E-state index >= 15 is 0 Å². The molecule has 1 nitrogen and oxygen atoms in total. The highest BCUT2D eigenvalue weighted by atomic mass is 14.8. The van der Waals surface area contributed by atoms with Crippen LogP contribution >= 0.6 is 0 Å². The van der Waals surface area contributed by atoms with Crippen LogP contribution in [0.2, 0.25) is 0 Å². The van der Waals surface area contributed by atoms with Crippen LogP contribution in [-0.4, -0.2) is 7.05 Å². The zero-order valence-electron chi connectivity index (χ0n) is 9.15. The maximum absolute atomic E-state index is 3.06. The molecule has 0 heterocycles. The first kappa shape index (κ1) is 11.5. The third-order valence-electron chi connectivity index (χ3n) is 1.93. The van der Waals surface area contributed by atoms with Gasteiger partial charge in [-0.25, -0.2) is 0 Å². The summed E-state index contributed by atoms with van der Waals surface area (Å²) < 4.78 is 0. The predicted octanol–water partition coefficient (Wildman–Crippen LogP) is 3.18. The van der Waals surface area contributed by atoms with Crippen LogP contribution in [0, 0.1) is 11.8 Å². The smallest absolute Gasteiger partial charge is 0.00276 e. The Labute approximate surface area is 77.2 Å². The third-order valence-corrected chi connectivity index (χ3v) is 1.93. The van der Waals surface area contributed by atoms with E-state index in [1.54, 1.807) is 0 Å². The Kier molecular flexibility index (Phi) is 5.87. The van der Waals surface area contributed by atoms with Gasteiger partial charge in [0, 0.05) is 7.05 Å². The summed E-state index contributed by atoms with van der Waals surface area (Å²) in [5.41, 5.74) is 1.45. The third kappa shape index (κ3) is 6.26. The van der Waals surface area contributed by atoms with Crippen LogP contribution < -0.4 is 5.32 Å². The quantitative estimate of drug-likeness (QED) is 0.666. The molecule has 0 aromatic heterocycles. The highest BCUT2D eigenvalue weighted by molar-refractivity contribution is 4.96. The summed E-state index contributed by atoms with van der Waals surface area (Å²) in [5.74, 6) is 1.64. The van der Waals surface area contributed by atoms with Crippen molar-refractivity contribution in [2.45, 2.75) is 40.5 Å². The molecule has 0 aliphatic rings. The fourth-order valence-corrected chi connectivity index (χ4v) is 1.74. The Bertz CT molecular complexity index is 136. The minimum Gasteiger partial charge on any atom is -0.394 e. The maximum Gasteiger partial charge on any atom is 0.00276 e. The summed E-state index contributed by atoms with van der Waals surface area (Å²) in [6.45, 7) is 9.08. The van der Waals surface area contributed by atoms with E-state index in [0.717, 1.165) is 11.8 Å². The van der Waals surface area contributed by atoms with Gasteiger partial charge < -0.3 is 5.32 Å². The Morgan fingerprint density at radius 1 is 1.33 bits per heavy atom. The molecule has 0 fully saturated rings. The lowest BCUT2D eigenvalue weighted by Gasteiger charge is -2.13. The lowest BCUT2D eigenvalue weighted by atomic mass is 9.93. The second kappa shape index (κ2) is 6.10. The van der Waals surface area contributed by atoms with Crippen molar-refractivity contribution in [3.63, 3.8) is 0 Å². The molecule has 0 saturated carbocycles. The minimum atomic E-state index is 0.814. The molecule has 0 saturated heterocycles. The van der Waals surface area contributed by atoms with E-state index in [-0.39, 0.29) is 0 Å². The molecule has 0 aromatic rings. The van der Waals surface area contributed by atoms with Crippen LogP contribution in [0.3, 0.4) is 0 Å². The van der Waals surface area contributed by atoms with Gasteiger partial charge in [0.1, 0.15) is 0 Å². The fraction of sp³-hybridized carbons (Fsp3) is 0.818. The average molecular weight is 169 g/mol. The molecule has 0 radical (unpaired) electrons. The molecule has 12 heavy (non-hydrogen) atoms. The van der Waals surface area contributed by atoms with Gasteiger partial charge in [0.2, 0.25) is 0 Å². The van der Waals surface area contributed by atoms with Gasteiger partial charge in [-0.3, -0.25) is 0 Å². The van der Waals surface area contributed by atoms with Crippen LogP contribution in [0.25, 0.3) is 0 Å². The van der Waals surface area contributed by atoms with Gasteiger partial charge in [0.05, 0.1) is 0 Å². The lowest BCUT2D eigenvalue weighted by molar-refractivity contribution is 0.435. The minimum absolute atomic E-state index is 0.814. The number of rotatable bonds is 5. The van der Waals surface area contributed by atoms with E-state index in [2.05, 4.69) is 39.2 Å². The number of nitrogens with one attached hydrogen (secondary N) is 1. The van der Waals surface area contributed by atoms with Gasteiger partial charge >= 0.3 is 0 Å². The zero-order valence-corrected chi connectivity index (χ0v) is 9.15. The molecule has 1 unspecified atom stereocenters. The summed E-state index contributed by atoms with van der Waals surface area (Å²) >= 11 is 0. The largest absolute Gasteiger partial charge is 0.394 e. The lowest BCUT2D eigenvalue weighted by Crippen LogP contribution is -2.02. The van der Waals surface area contributed by atoms with Crippen molar-refractivity contribution in [2.24, 2.45) is 11.8 Å². The summed E-state index contributed by atoms with van der Waals surface area (Å²) in [6.07, 6.45) is 4.64. The second-order valence-electron chi connectivity index (χ2n) is 4.22. The molecule has 0 aliphatic carbocycles. The van der Waals surface area contributed by atoms with E-state index in [4.69, 9.17) is 0 Å². The molecule has 1 atom stereocenters. The standard InChI is InChI=1S/C11H23N/c1-9(2)6-10(3)7-11(4)8-12-5/h8-10,12H,6-7H2,1-5H3/b11-8-. The zero-order chi connectivity index (χ0) is 9.56. The van der Waals surface area contributed by atoms with Crippen LogP contribution in [-0.2, 0) is 0 Å². The van der Waals surface area contributed by atoms with E-state index in [1.165, 1.54) is 18.4 Å². The summed E-state index contributed by atoms with van der Waals surface area (Å²) in [4.78, 5) is 0. The number of hydrogen-bond acceptors (Lipinski definition) is 1. The van der Waals surface area contributed by atoms with E-state index in [0.29, 0.717) is 0 Å². The first-order valence-electron chi connectivity index (χ1n) is 4.89. The number of hydrogen-bond donors (Lipinski definition) is 1. The van der Waals surface area contributed by atoms with Crippen molar-refractivity contribution in [3.05, 3.63) is 11.8 Å². The molecule has 0 amide bonds. The molecule has 1 heteroatoms. The molecular formula is C11H23N. The van der Waals surface area contributed by atoms with Crippen molar-refractivity contribution in [3.8, 4) is 0 Å². The Balaban J connectivity index is 3.68. The van der Waals surface area contributed by atoms with Crippen LogP contribution in [0.1, 0.15) is 40.5 Å². The van der Waals surface area contributed by atoms with Crippen molar-refractivity contribution in [1.82, 2.24) is 5.32 Å². The van der Waals surface area contributed by atoms with Crippen LogP contribution in [0.4, 0.5) is 0 Å². The van der Waals surface area contributed by atoms with Crippen molar-refractivity contribution < 1.29 is 0 Å². The monoisotopic (exact) mass is 169 g/mol. The molecule has 0 spiro atoms. The molecule has 0 rings (SSSR count). The SMILES string of the molecule is CN/C=C(/C)CC(C)CC(C)C. The normalized spacial score (nSPS) is 15.0. The predicted molar refractivity (Wildman–Crippen MR) is 56.1 cm³/mol. The van der Waals surface area contributed by atoms with Gasteiger partial charge in [-0.1, -0.05) is 26.3 Å². The highest BCUT2D eigenvalue weighted by Gasteiger charge is 2.05. The highest BCUT2D eigenvalue weighted by Crippen LogP contribution is 2.18. The molecule has 72 valence electrons. The van der Waals surface area contributed by atoms with E-state index in [9.17, 15) is 0 Å². The van der Waals surface area contributed by atoms with Gasteiger partial charge in [-0.05, 0) is 37.8 Å². The Hall–Kier alpha value is -0.460. The van der Waals surface area contributed by atoms with Crippen molar-refractivity contribution in [2.75, 3.05) is 7.05 Å². The Morgan fingerprint density at radius 2 is 1.92 bits per heavy atom. The van der Waals surface area contributed by atoms with Gasteiger partial charge in [0.25, 0.3) is 0 Å². The summed E-state index contributed by atoms with van der Waals surface area (Å²) in [7, 11) is 1.95. The van der Waals surface area contributed by atoms with Crippen LogP contribution in [0.5, 0.6) is 0 Å². The van der Waals surface area contributed by atoms with Crippen LogP contribution in [0.15, 0.2) is 11.8 Å². The molecular weight excluding hydrogens is 146 g/mol. The molecule has 0 aliphatic heterocycles. The molecule has 0 aromatic carbocycles.